The van der Waals surface area contributed by atoms with Gasteiger partial charge in [0.15, 0.2) is 0 Å². The van der Waals surface area contributed by atoms with Crippen LogP contribution in [-0.4, -0.2) is 18.8 Å². The van der Waals surface area contributed by atoms with Crippen molar-refractivity contribution in [2.75, 3.05) is 13.7 Å². The number of rotatable bonds is 5. The Bertz CT molecular complexity index is 332. The monoisotopic (exact) mass is 234 g/mol. The molecule has 0 spiro atoms. The fourth-order valence-electron chi connectivity index (χ4n) is 1.44. The van der Waals surface area contributed by atoms with Crippen molar-refractivity contribution in [3.05, 3.63) is 35.1 Å². The van der Waals surface area contributed by atoms with Gasteiger partial charge in [0, 0.05) is 25.8 Å². The Hall–Kier alpha value is -1.07. The van der Waals surface area contributed by atoms with Gasteiger partial charge in [-0.25, -0.2) is 13.2 Å². The molecule has 0 aliphatic carbocycles. The Morgan fingerprint density at radius 3 is 2.31 bits per heavy atom. The molecule has 0 aromatic heterocycles. The molecule has 0 bridgehead atoms. The molecule has 1 aromatic carbocycles. The molecule has 0 saturated heterocycles. The lowest BCUT2D eigenvalue weighted by Crippen LogP contribution is -2.06. The zero-order chi connectivity index (χ0) is 12.1. The van der Waals surface area contributed by atoms with Crippen molar-refractivity contribution in [2.24, 2.45) is 0 Å². The molecular formula is C11H13F3O2. The van der Waals surface area contributed by atoms with Gasteiger partial charge in [-0.2, -0.15) is 0 Å². The summed E-state index contributed by atoms with van der Waals surface area (Å²) in [5.41, 5.74) is -0.488. The highest BCUT2D eigenvalue weighted by molar-refractivity contribution is 5.22. The van der Waals surface area contributed by atoms with E-state index in [4.69, 9.17) is 4.74 Å². The van der Waals surface area contributed by atoms with Crippen molar-refractivity contribution in [1.29, 1.82) is 0 Å². The quantitative estimate of drug-likeness (QED) is 0.793. The topological polar surface area (TPSA) is 29.5 Å². The molecule has 0 amide bonds. The van der Waals surface area contributed by atoms with Crippen LogP contribution in [0.5, 0.6) is 0 Å². The van der Waals surface area contributed by atoms with E-state index in [1.807, 2.05) is 0 Å². The van der Waals surface area contributed by atoms with Gasteiger partial charge in [0.25, 0.3) is 0 Å². The molecule has 5 heteroatoms. The maximum absolute atomic E-state index is 13.2. The first-order valence-electron chi connectivity index (χ1n) is 4.87. The standard InChI is InChI=1S/C11H13F3O2/c1-16-4-2-3-10(15)11-8(13)5-7(12)6-9(11)14/h5-6,10,15H,2-4H2,1H3. The third-order valence-corrected chi connectivity index (χ3v) is 2.20. The van der Waals surface area contributed by atoms with Gasteiger partial charge in [0.05, 0.1) is 11.7 Å². The maximum atomic E-state index is 13.2. The van der Waals surface area contributed by atoms with E-state index in [1.54, 1.807) is 0 Å². The predicted molar refractivity (Wildman–Crippen MR) is 52.4 cm³/mol. The average molecular weight is 234 g/mol. The number of hydrogen-bond acceptors (Lipinski definition) is 2. The van der Waals surface area contributed by atoms with Crippen LogP contribution >= 0.6 is 0 Å². The second kappa shape index (κ2) is 5.86. The molecule has 16 heavy (non-hydrogen) atoms. The highest BCUT2D eigenvalue weighted by Crippen LogP contribution is 2.25. The number of halogens is 3. The Morgan fingerprint density at radius 2 is 1.81 bits per heavy atom. The van der Waals surface area contributed by atoms with Crippen molar-refractivity contribution >= 4 is 0 Å². The van der Waals surface area contributed by atoms with Crippen molar-refractivity contribution in [3.8, 4) is 0 Å². The van der Waals surface area contributed by atoms with Crippen LogP contribution in [0, 0.1) is 17.5 Å². The van der Waals surface area contributed by atoms with E-state index in [9.17, 15) is 18.3 Å². The first-order valence-corrected chi connectivity index (χ1v) is 4.87. The summed E-state index contributed by atoms with van der Waals surface area (Å²) in [6.07, 6.45) is -0.655. The van der Waals surface area contributed by atoms with E-state index >= 15 is 0 Å². The Kier molecular flexibility index (Phi) is 4.76. The van der Waals surface area contributed by atoms with E-state index in [0.717, 1.165) is 0 Å². The lowest BCUT2D eigenvalue weighted by Gasteiger charge is -2.12. The van der Waals surface area contributed by atoms with Gasteiger partial charge in [-0.1, -0.05) is 0 Å². The molecule has 0 radical (unpaired) electrons. The number of hydrogen-bond donors (Lipinski definition) is 1. The molecular weight excluding hydrogens is 221 g/mol. The number of aliphatic hydroxyl groups excluding tert-OH is 1. The summed E-state index contributed by atoms with van der Waals surface area (Å²) in [4.78, 5) is 0. The van der Waals surface area contributed by atoms with Crippen LogP contribution < -0.4 is 0 Å². The van der Waals surface area contributed by atoms with Crippen LogP contribution in [0.3, 0.4) is 0 Å². The van der Waals surface area contributed by atoms with Crippen LogP contribution in [0.25, 0.3) is 0 Å². The highest BCUT2D eigenvalue weighted by Gasteiger charge is 2.18. The summed E-state index contributed by atoms with van der Waals surface area (Å²) >= 11 is 0. The second-order valence-corrected chi connectivity index (χ2v) is 3.43. The van der Waals surface area contributed by atoms with Crippen LogP contribution in [0.1, 0.15) is 24.5 Å². The Labute approximate surface area is 91.7 Å². The van der Waals surface area contributed by atoms with Gasteiger partial charge in [0.2, 0.25) is 0 Å². The third kappa shape index (κ3) is 3.21. The summed E-state index contributed by atoms with van der Waals surface area (Å²) in [7, 11) is 1.49. The van der Waals surface area contributed by atoms with Crippen LogP contribution in [0.2, 0.25) is 0 Å². The molecule has 2 nitrogen and oxygen atoms in total. The Balaban J connectivity index is 2.78. The Morgan fingerprint density at radius 1 is 1.25 bits per heavy atom. The smallest absolute Gasteiger partial charge is 0.134 e. The van der Waals surface area contributed by atoms with Gasteiger partial charge < -0.3 is 9.84 Å². The van der Waals surface area contributed by atoms with E-state index in [2.05, 4.69) is 0 Å². The van der Waals surface area contributed by atoms with E-state index in [-0.39, 0.29) is 6.42 Å². The molecule has 90 valence electrons. The van der Waals surface area contributed by atoms with Crippen molar-refractivity contribution in [1.82, 2.24) is 0 Å². The minimum Gasteiger partial charge on any atom is -0.388 e. The molecule has 0 heterocycles. The molecule has 1 aromatic rings. The van der Waals surface area contributed by atoms with E-state index < -0.39 is 29.1 Å². The summed E-state index contributed by atoms with van der Waals surface area (Å²) in [6, 6.07) is 1.11. The average Bonchev–Trinajstić information content (AvgIpc) is 2.16. The lowest BCUT2D eigenvalue weighted by atomic mass is 10.0. The molecule has 0 saturated carbocycles. The van der Waals surface area contributed by atoms with E-state index in [0.29, 0.717) is 25.2 Å². The molecule has 1 rings (SSSR count). The van der Waals surface area contributed by atoms with Crippen molar-refractivity contribution in [2.45, 2.75) is 18.9 Å². The molecule has 0 aliphatic heterocycles. The highest BCUT2D eigenvalue weighted by atomic mass is 19.1. The van der Waals surface area contributed by atoms with Crippen LogP contribution in [0.15, 0.2) is 12.1 Å². The molecule has 0 fully saturated rings. The summed E-state index contributed by atoms with van der Waals surface area (Å²) in [6.45, 7) is 0.390. The molecule has 1 unspecified atom stereocenters. The van der Waals surface area contributed by atoms with Gasteiger partial charge >= 0.3 is 0 Å². The maximum Gasteiger partial charge on any atom is 0.134 e. The van der Waals surface area contributed by atoms with Gasteiger partial charge in [-0.3, -0.25) is 0 Å². The molecule has 1 N–H and O–H groups in total. The minimum absolute atomic E-state index is 0.160. The SMILES string of the molecule is COCCCC(O)c1c(F)cc(F)cc1F. The normalized spacial score (nSPS) is 12.8. The van der Waals surface area contributed by atoms with Crippen molar-refractivity contribution < 1.29 is 23.0 Å². The van der Waals surface area contributed by atoms with Gasteiger partial charge in [-0.15, -0.1) is 0 Å². The summed E-state index contributed by atoms with van der Waals surface area (Å²) < 4.78 is 43.7. The number of benzene rings is 1. The molecule has 1 atom stereocenters. The third-order valence-electron chi connectivity index (χ3n) is 2.20. The number of aliphatic hydroxyl groups is 1. The fraction of sp³-hybridized carbons (Fsp3) is 0.455. The molecule has 0 aliphatic rings. The predicted octanol–water partition coefficient (Wildman–Crippen LogP) is 2.56. The zero-order valence-electron chi connectivity index (χ0n) is 8.84. The lowest BCUT2D eigenvalue weighted by molar-refractivity contribution is 0.130. The summed E-state index contributed by atoms with van der Waals surface area (Å²) in [5.74, 6) is -3.13. The fourth-order valence-corrected chi connectivity index (χ4v) is 1.44. The minimum atomic E-state index is -1.28. The first kappa shape index (κ1) is 13.0. The largest absolute Gasteiger partial charge is 0.388 e. The van der Waals surface area contributed by atoms with Gasteiger partial charge in [-0.05, 0) is 12.8 Å². The van der Waals surface area contributed by atoms with E-state index in [1.165, 1.54) is 7.11 Å². The van der Waals surface area contributed by atoms with Crippen LogP contribution in [0.4, 0.5) is 13.2 Å². The second-order valence-electron chi connectivity index (χ2n) is 3.43. The van der Waals surface area contributed by atoms with Crippen LogP contribution in [-0.2, 0) is 4.74 Å². The number of ether oxygens (including phenoxy) is 1. The van der Waals surface area contributed by atoms with Gasteiger partial charge in [0.1, 0.15) is 17.5 Å². The first-order chi connectivity index (χ1) is 7.56. The van der Waals surface area contributed by atoms with Crippen molar-refractivity contribution in [3.63, 3.8) is 0 Å². The summed E-state index contributed by atoms with van der Waals surface area (Å²) in [5, 5.41) is 9.54. The zero-order valence-corrected chi connectivity index (χ0v) is 8.84. The number of methoxy groups -OCH3 is 1.